The van der Waals surface area contributed by atoms with Crippen molar-refractivity contribution in [1.29, 1.82) is 0 Å². The monoisotopic (exact) mass is 252 g/mol. The van der Waals surface area contributed by atoms with Gasteiger partial charge in [0.1, 0.15) is 5.75 Å². The summed E-state index contributed by atoms with van der Waals surface area (Å²) in [6.45, 7) is 2.00. The summed E-state index contributed by atoms with van der Waals surface area (Å²) in [5.74, 6) is 2.19. The van der Waals surface area contributed by atoms with Gasteiger partial charge in [-0.2, -0.15) is 0 Å². The Morgan fingerprint density at radius 1 is 1.35 bits per heavy atom. The van der Waals surface area contributed by atoms with E-state index < -0.39 is 0 Å². The average Bonchev–Trinajstić information content (AvgIpc) is 2.78. The van der Waals surface area contributed by atoms with Crippen molar-refractivity contribution >= 4 is 11.6 Å². The maximum Gasteiger partial charge on any atom is 0.251 e. The van der Waals surface area contributed by atoms with E-state index in [1.165, 1.54) is 0 Å². The van der Waals surface area contributed by atoms with E-state index in [9.17, 15) is 0 Å². The van der Waals surface area contributed by atoms with Gasteiger partial charge >= 0.3 is 0 Å². The van der Waals surface area contributed by atoms with Crippen LogP contribution in [0.25, 0.3) is 11.5 Å². The molecule has 0 bridgehead atoms. The Morgan fingerprint density at radius 2 is 2.18 bits per heavy atom. The molecule has 90 valence electrons. The lowest BCUT2D eigenvalue weighted by atomic mass is 10.1. The van der Waals surface area contributed by atoms with Crippen molar-refractivity contribution in [1.82, 2.24) is 10.2 Å². The van der Waals surface area contributed by atoms with Crippen molar-refractivity contribution < 1.29 is 9.15 Å². The summed E-state index contributed by atoms with van der Waals surface area (Å²) in [7, 11) is 1.62. The zero-order valence-corrected chi connectivity index (χ0v) is 10.5. The van der Waals surface area contributed by atoms with E-state index in [0.717, 1.165) is 16.9 Å². The van der Waals surface area contributed by atoms with Crippen LogP contribution in [0.2, 0.25) is 0 Å². The number of hydrogen-bond donors (Lipinski definition) is 0. The third-order valence-corrected chi connectivity index (χ3v) is 2.55. The number of aryl methyl sites for hydroxylation is 2. The molecular formula is C12H13ClN2O2. The maximum absolute atomic E-state index is 5.62. The first kappa shape index (κ1) is 11.9. The molecule has 0 saturated carbocycles. The second kappa shape index (κ2) is 5.19. The highest BCUT2D eigenvalue weighted by Crippen LogP contribution is 2.29. The van der Waals surface area contributed by atoms with Crippen LogP contribution in [0, 0.1) is 6.92 Å². The summed E-state index contributed by atoms with van der Waals surface area (Å²) in [5.41, 5.74) is 1.92. The third kappa shape index (κ3) is 2.58. The fraction of sp³-hybridized carbons (Fsp3) is 0.333. The highest BCUT2D eigenvalue weighted by Gasteiger charge is 2.13. The molecule has 0 amide bonds. The van der Waals surface area contributed by atoms with Crippen molar-refractivity contribution in [2.75, 3.05) is 13.0 Å². The molecule has 5 heteroatoms. The molecule has 0 radical (unpaired) electrons. The number of nitrogens with zero attached hydrogens (tertiary/aromatic N) is 2. The lowest BCUT2D eigenvalue weighted by Crippen LogP contribution is -1.89. The number of rotatable bonds is 4. The Labute approximate surface area is 105 Å². The minimum atomic E-state index is 0.464. The van der Waals surface area contributed by atoms with Gasteiger partial charge in [0.15, 0.2) is 0 Å². The van der Waals surface area contributed by atoms with Crippen molar-refractivity contribution in [3.05, 3.63) is 29.7 Å². The van der Waals surface area contributed by atoms with E-state index in [1.54, 1.807) is 7.11 Å². The SMILES string of the molecule is COc1ccc(C)cc1-c1nnc(CCCl)o1. The standard InChI is InChI=1S/C12H13ClN2O2/c1-8-3-4-10(16-2)9(7-8)12-15-14-11(17-12)5-6-13/h3-4,7H,5-6H2,1-2H3. The van der Waals surface area contributed by atoms with Crippen molar-refractivity contribution in [2.45, 2.75) is 13.3 Å². The van der Waals surface area contributed by atoms with Crippen molar-refractivity contribution in [3.8, 4) is 17.2 Å². The molecule has 1 aromatic carbocycles. The maximum atomic E-state index is 5.62. The highest BCUT2D eigenvalue weighted by molar-refractivity contribution is 6.17. The van der Waals surface area contributed by atoms with Gasteiger partial charge in [-0.25, -0.2) is 0 Å². The summed E-state index contributed by atoms with van der Waals surface area (Å²) in [6, 6.07) is 5.81. The lowest BCUT2D eigenvalue weighted by molar-refractivity contribution is 0.413. The van der Waals surface area contributed by atoms with Gasteiger partial charge in [-0.3, -0.25) is 0 Å². The zero-order chi connectivity index (χ0) is 12.3. The predicted octanol–water partition coefficient (Wildman–Crippen LogP) is 2.83. The van der Waals surface area contributed by atoms with E-state index in [-0.39, 0.29) is 0 Å². The molecule has 1 heterocycles. The Kier molecular flexibility index (Phi) is 3.64. The van der Waals surface area contributed by atoms with Gasteiger partial charge < -0.3 is 9.15 Å². The largest absolute Gasteiger partial charge is 0.496 e. The number of halogens is 1. The van der Waals surface area contributed by atoms with E-state index >= 15 is 0 Å². The Morgan fingerprint density at radius 3 is 2.88 bits per heavy atom. The molecule has 0 aliphatic rings. The van der Waals surface area contributed by atoms with E-state index in [1.807, 2.05) is 25.1 Å². The molecule has 1 aromatic heterocycles. The van der Waals surface area contributed by atoms with Crippen molar-refractivity contribution in [2.24, 2.45) is 0 Å². The Hall–Kier alpha value is -1.55. The average molecular weight is 253 g/mol. The normalized spacial score (nSPS) is 10.5. The summed E-state index contributed by atoms with van der Waals surface area (Å²) in [5, 5.41) is 7.93. The van der Waals surface area contributed by atoms with Crippen LogP contribution in [0.3, 0.4) is 0 Å². The minimum Gasteiger partial charge on any atom is -0.496 e. The van der Waals surface area contributed by atoms with Gasteiger partial charge in [-0.1, -0.05) is 11.6 Å². The number of hydrogen-bond acceptors (Lipinski definition) is 4. The molecule has 2 rings (SSSR count). The van der Waals surface area contributed by atoms with E-state index in [4.69, 9.17) is 20.8 Å². The van der Waals surface area contributed by atoms with E-state index in [0.29, 0.717) is 24.1 Å². The van der Waals surface area contributed by atoms with Gasteiger partial charge in [0, 0.05) is 12.3 Å². The van der Waals surface area contributed by atoms with Crippen LogP contribution >= 0.6 is 11.6 Å². The molecule has 0 N–H and O–H groups in total. The molecule has 0 spiro atoms. The Balaban J connectivity index is 2.40. The quantitative estimate of drug-likeness (QED) is 0.785. The molecule has 0 fully saturated rings. The van der Waals surface area contributed by atoms with Gasteiger partial charge in [0.2, 0.25) is 5.89 Å². The molecule has 17 heavy (non-hydrogen) atoms. The van der Waals surface area contributed by atoms with Crippen LogP contribution < -0.4 is 4.74 Å². The number of ether oxygens (including phenoxy) is 1. The lowest BCUT2D eigenvalue weighted by Gasteiger charge is -2.05. The second-order valence-electron chi connectivity index (χ2n) is 3.64. The summed E-state index contributed by atoms with van der Waals surface area (Å²) < 4.78 is 10.8. The third-order valence-electron chi connectivity index (χ3n) is 2.36. The van der Waals surface area contributed by atoms with Gasteiger partial charge in [0.25, 0.3) is 5.89 Å². The van der Waals surface area contributed by atoms with Gasteiger partial charge in [-0.05, 0) is 19.1 Å². The minimum absolute atomic E-state index is 0.464. The van der Waals surface area contributed by atoms with Crippen LogP contribution in [-0.4, -0.2) is 23.2 Å². The van der Waals surface area contributed by atoms with Gasteiger partial charge in [-0.15, -0.1) is 21.8 Å². The molecule has 0 unspecified atom stereocenters. The smallest absolute Gasteiger partial charge is 0.251 e. The summed E-state index contributed by atoms with van der Waals surface area (Å²) in [6.07, 6.45) is 0.572. The first-order chi connectivity index (χ1) is 8.24. The van der Waals surface area contributed by atoms with Crippen LogP contribution in [0.1, 0.15) is 11.5 Å². The first-order valence-corrected chi connectivity index (χ1v) is 5.81. The molecule has 4 nitrogen and oxygen atoms in total. The second-order valence-corrected chi connectivity index (χ2v) is 4.02. The highest BCUT2D eigenvalue weighted by atomic mass is 35.5. The zero-order valence-electron chi connectivity index (χ0n) is 9.74. The molecule has 0 atom stereocenters. The molecule has 0 aliphatic heterocycles. The fourth-order valence-electron chi connectivity index (χ4n) is 1.53. The number of alkyl halides is 1. The van der Waals surface area contributed by atoms with Gasteiger partial charge in [0.05, 0.1) is 12.7 Å². The Bertz CT molecular complexity index is 511. The van der Waals surface area contributed by atoms with Crippen LogP contribution in [0.5, 0.6) is 5.75 Å². The molecular weight excluding hydrogens is 240 g/mol. The fourth-order valence-corrected chi connectivity index (χ4v) is 1.69. The van der Waals surface area contributed by atoms with Crippen LogP contribution in [0.4, 0.5) is 0 Å². The number of benzene rings is 1. The molecule has 0 aliphatic carbocycles. The van der Waals surface area contributed by atoms with Crippen LogP contribution in [0.15, 0.2) is 22.6 Å². The number of methoxy groups -OCH3 is 1. The summed E-state index contributed by atoms with van der Waals surface area (Å²) in [4.78, 5) is 0. The van der Waals surface area contributed by atoms with Crippen molar-refractivity contribution in [3.63, 3.8) is 0 Å². The topological polar surface area (TPSA) is 48.2 Å². The van der Waals surface area contributed by atoms with E-state index in [2.05, 4.69) is 10.2 Å². The number of aromatic nitrogens is 2. The molecule has 2 aromatic rings. The first-order valence-electron chi connectivity index (χ1n) is 5.28. The summed E-state index contributed by atoms with van der Waals surface area (Å²) >= 11 is 5.62. The van der Waals surface area contributed by atoms with Crippen LogP contribution in [-0.2, 0) is 6.42 Å². The predicted molar refractivity (Wildman–Crippen MR) is 65.4 cm³/mol. The molecule has 0 saturated heterocycles.